The summed E-state index contributed by atoms with van der Waals surface area (Å²) in [5.74, 6) is 0.0882. The first-order valence-corrected chi connectivity index (χ1v) is 6.46. The molecule has 0 aliphatic carbocycles. The highest BCUT2D eigenvalue weighted by Gasteiger charge is 2.01. The second-order valence-corrected chi connectivity index (χ2v) is 4.84. The molecule has 0 aliphatic heterocycles. The standard InChI is InChI=1S/C13H16INO/c1-2-3-4-5-6-13(16)15-12-9-7-11(14)8-10-12/h2,7-10H,1,3-6H2,(H,15,16). The molecule has 1 aromatic rings. The molecule has 3 heteroatoms. The van der Waals surface area contributed by atoms with Crippen molar-refractivity contribution < 1.29 is 4.79 Å². The Bertz CT molecular complexity index is 345. The van der Waals surface area contributed by atoms with Gasteiger partial charge in [-0.15, -0.1) is 6.58 Å². The zero-order chi connectivity index (χ0) is 11.8. The first-order valence-electron chi connectivity index (χ1n) is 5.38. The Hall–Kier alpha value is -0.840. The Balaban J connectivity index is 2.28. The summed E-state index contributed by atoms with van der Waals surface area (Å²) in [5.41, 5.74) is 0.870. The molecule has 0 unspecified atom stereocenters. The molecule has 0 radical (unpaired) electrons. The molecule has 0 saturated carbocycles. The number of hydrogen-bond acceptors (Lipinski definition) is 1. The topological polar surface area (TPSA) is 29.1 Å². The van der Waals surface area contributed by atoms with Crippen LogP contribution in [0.25, 0.3) is 0 Å². The molecule has 1 rings (SSSR count). The number of amides is 1. The number of unbranched alkanes of at least 4 members (excludes halogenated alkanes) is 2. The number of hydrogen-bond donors (Lipinski definition) is 1. The molecule has 1 aromatic carbocycles. The number of nitrogens with one attached hydrogen (secondary N) is 1. The third-order valence-electron chi connectivity index (χ3n) is 2.19. The zero-order valence-electron chi connectivity index (χ0n) is 9.21. The van der Waals surface area contributed by atoms with Gasteiger partial charge in [0.25, 0.3) is 0 Å². The maximum absolute atomic E-state index is 11.5. The molecule has 0 bridgehead atoms. The van der Waals surface area contributed by atoms with Gasteiger partial charge in [-0.3, -0.25) is 4.79 Å². The van der Waals surface area contributed by atoms with E-state index in [9.17, 15) is 4.79 Å². The maximum atomic E-state index is 11.5. The Morgan fingerprint density at radius 3 is 2.62 bits per heavy atom. The van der Waals surface area contributed by atoms with Gasteiger partial charge in [0.05, 0.1) is 0 Å². The van der Waals surface area contributed by atoms with Crippen molar-refractivity contribution in [2.75, 3.05) is 5.32 Å². The van der Waals surface area contributed by atoms with Crippen molar-refractivity contribution >= 4 is 34.2 Å². The van der Waals surface area contributed by atoms with Crippen molar-refractivity contribution in [3.05, 3.63) is 40.5 Å². The van der Waals surface area contributed by atoms with Crippen LogP contribution in [0.15, 0.2) is 36.9 Å². The lowest BCUT2D eigenvalue weighted by molar-refractivity contribution is -0.116. The SMILES string of the molecule is C=CCCCCC(=O)Nc1ccc(I)cc1. The third-order valence-corrected chi connectivity index (χ3v) is 2.91. The molecule has 1 N–H and O–H groups in total. The van der Waals surface area contributed by atoms with Crippen molar-refractivity contribution in [3.63, 3.8) is 0 Å². The summed E-state index contributed by atoms with van der Waals surface area (Å²) in [5, 5.41) is 2.88. The first kappa shape index (κ1) is 13.2. The van der Waals surface area contributed by atoms with Crippen LogP contribution < -0.4 is 5.32 Å². The first-order chi connectivity index (χ1) is 7.72. The summed E-state index contributed by atoms with van der Waals surface area (Å²) in [7, 11) is 0. The van der Waals surface area contributed by atoms with Gasteiger partial charge in [-0.25, -0.2) is 0 Å². The summed E-state index contributed by atoms with van der Waals surface area (Å²) in [4.78, 5) is 11.5. The van der Waals surface area contributed by atoms with E-state index < -0.39 is 0 Å². The molecule has 0 aromatic heterocycles. The van der Waals surface area contributed by atoms with Crippen LogP contribution in [0.5, 0.6) is 0 Å². The van der Waals surface area contributed by atoms with Crippen LogP contribution in [-0.4, -0.2) is 5.91 Å². The highest BCUT2D eigenvalue weighted by Crippen LogP contribution is 2.12. The summed E-state index contributed by atoms with van der Waals surface area (Å²) in [6, 6.07) is 7.80. The van der Waals surface area contributed by atoms with E-state index >= 15 is 0 Å². The molecule has 1 amide bonds. The summed E-state index contributed by atoms with van der Waals surface area (Å²) in [6.45, 7) is 3.65. The second kappa shape index (κ2) is 7.44. The number of benzene rings is 1. The number of halogens is 1. The van der Waals surface area contributed by atoms with Gasteiger partial charge in [0.1, 0.15) is 0 Å². The molecule has 86 valence electrons. The Morgan fingerprint density at radius 1 is 1.31 bits per heavy atom. The molecule has 0 saturated heterocycles. The van der Waals surface area contributed by atoms with Crippen LogP contribution in [0.3, 0.4) is 0 Å². The number of anilines is 1. The van der Waals surface area contributed by atoms with Gasteiger partial charge >= 0.3 is 0 Å². The predicted octanol–water partition coefficient (Wildman–Crippen LogP) is 3.98. The van der Waals surface area contributed by atoms with E-state index in [4.69, 9.17) is 0 Å². The lowest BCUT2D eigenvalue weighted by atomic mass is 10.2. The summed E-state index contributed by atoms with van der Waals surface area (Å²) in [6.07, 6.45) is 5.40. The van der Waals surface area contributed by atoms with Crippen LogP contribution in [0, 0.1) is 3.57 Å². The fourth-order valence-electron chi connectivity index (χ4n) is 1.33. The molecule has 0 heterocycles. The summed E-state index contributed by atoms with van der Waals surface area (Å²) >= 11 is 2.24. The fraction of sp³-hybridized carbons (Fsp3) is 0.308. The van der Waals surface area contributed by atoms with Gasteiger partial charge in [-0.1, -0.05) is 6.08 Å². The average Bonchev–Trinajstić information content (AvgIpc) is 2.28. The van der Waals surface area contributed by atoms with Gasteiger partial charge < -0.3 is 5.32 Å². The van der Waals surface area contributed by atoms with E-state index in [1.54, 1.807) is 0 Å². The molecule has 0 spiro atoms. The minimum Gasteiger partial charge on any atom is -0.326 e. The Labute approximate surface area is 110 Å². The molecule has 0 aliphatic rings. The van der Waals surface area contributed by atoms with Crippen LogP contribution in [-0.2, 0) is 4.79 Å². The normalized spacial score (nSPS) is 9.81. The predicted molar refractivity (Wildman–Crippen MR) is 76.5 cm³/mol. The van der Waals surface area contributed by atoms with Crippen molar-refractivity contribution in [2.24, 2.45) is 0 Å². The number of allylic oxidation sites excluding steroid dienone is 1. The van der Waals surface area contributed by atoms with Crippen molar-refractivity contribution in [1.29, 1.82) is 0 Å². The van der Waals surface area contributed by atoms with Gasteiger partial charge in [0, 0.05) is 15.7 Å². The maximum Gasteiger partial charge on any atom is 0.224 e. The quantitative estimate of drug-likeness (QED) is 0.477. The number of carbonyl (C=O) groups is 1. The van der Waals surface area contributed by atoms with E-state index in [1.165, 1.54) is 3.57 Å². The lowest BCUT2D eigenvalue weighted by Crippen LogP contribution is -2.10. The second-order valence-electron chi connectivity index (χ2n) is 3.59. The van der Waals surface area contributed by atoms with Crippen molar-refractivity contribution in [1.82, 2.24) is 0 Å². The van der Waals surface area contributed by atoms with E-state index in [2.05, 4.69) is 34.5 Å². The number of carbonyl (C=O) groups excluding carboxylic acids is 1. The van der Waals surface area contributed by atoms with Crippen LogP contribution >= 0.6 is 22.6 Å². The van der Waals surface area contributed by atoms with E-state index in [0.29, 0.717) is 6.42 Å². The molecule has 2 nitrogen and oxygen atoms in total. The Kier molecular flexibility index (Phi) is 6.15. The highest BCUT2D eigenvalue weighted by molar-refractivity contribution is 14.1. The molecule has 0 atom stereocenters. The molecular formula is C13H16INO. The number of rotatable bonds is 6. The van der Waals surface area contributed by atoms with E-state index in [-0.39, 0.29) is 5.91 Å². The average molecular weight is 329 g/mol. The van der Waals surface area contributed by atoms with Crippen LogP contribution in [0.2, 0.25) is 0 Å². The summed E-state index contributed by atoms with van der Waals surface area (Å²) < 4.78 is 1.17. The minimum atomic E-state index is 0.0882. The fourth-order valence-corrected chi connectivity index (χ4v) is 1.69. The third kappa shape index (κ3) is 5.30. The van der Waals surface area contributed by atoms with Gasteiger partial charge in [-0.05, 0) is 66.1 Å². The largest absolute Gasteiger partial charge is 0.326 e. The van der Waals surface area contributed by atoms with Crippen molar-refractivity contribution in [2.45, 2.75) is 25.7 Å². The minimum absolute atomic E-state index is 0.0882. The monoisotopic (exact) mass is 329 g/mol. The van der Waals surface area contributed by atoms with E-state index in [1.807, 2.05) is 30.3 Å². The lowest BCUT2D eigenvalue weighted by Gasteiger charge is -2.04. The zero-order valence-corrected chi connectivity index (χ0v) is 11.4. The van der Waals surface area contributed by atoms with E-state index in [0.717, 1.165) is 24.9 Å². The Morgan fingerprint density at radius 2 is 2.00 bits per heavy atom. The van der Waals surface area contributed by atoms with Crippen LogP contribution in [0.4, 0.5) is 5.69 Å². The highest BCUT2D eigenvalue weighted by atomic mass is 127. The molecule has 0 fully saturated rings. The van der Waals surface area contributed by atoms with Gasteiger partial charge in [-0.2, -0.15) is 0 Å². The molecular weight excluding hydrogens is 313 g/mol. The van der Waals surface area contributed by atoms with Crippen LogP contribution in [0.1, 0.15) is 25.7 Å². The van der Waals surface area contributed by atoms with Gasteiger partial charge in [0.2, 0.25) is 5.91 Å². The van der Waals surface area contributed by atoms with Gasteiger partial charge in [0.15, 0.2) is 0 Å². The van der Waals surface area contributed by atoms with Crippen molar-refractivity contribution in [3.8, 4) is 0 Å². The smallest absolute Gasteiger partial charge is 0.224 e. The molecule has 16 heavy (non-hydrogen) atoms.